The van der Waals surface area contributed by atoms with Crippen molar-refractivity contribution in [3.05, 3.63) is 30.3 Å². The first-order valence-corrected chi connectivity index (χ1v) is 6.05. The lowest BCUT2D eigenvalue weighted by Crippen LogP contribution is -2.46. The molecule has 0 aliphatic carbocycles. The maximum absolute atomic E-state index is 11.2. The Morgan fingerprint density at radius 1 is 1.18 bits per heavy atom. The van der Waals surface area contributed by atoms with Gasteiger partial charge in [-0.2, -0.15) is 0 Å². The highest BCUT2D eigenvalue weighted by molar-refractivity contribution is 5.68. The van der Waals surface area contributed by atoms with Gasteiger partial charge in [0.1, 0.15) is 0 Å². The molecule has 1 fully saturated rings. The summed E-state index contributed by atoms with van der Waals surface area (Å²) in [6, 6.07) is 10.3. The van der Waals surface area contributed by atoms with Crippen molar-refractivity contribution >= 4 is 11.7 Å². The van der Waals surface area contributed by atoms with Crippen molar-refractivity contribution in [1.82, 2.24) is 5.06 Å². The van der Waals surface area contributed by atoms with Gasteiger partial charge < -0.3 is 9.74 Å². The van der Waals surface area contributed by atoms with Crippen molar-refractivity contribution in [1.29, 1.82) is 0 Å². The zero-order chi connectivity index (χ0) is 12.1. The zero-order valence-electron chi connectivity index (χ0n) is 10.1. The average molecular weight is 234 g/mol. The first kappa shape index (κ1) is 11.9. The monoisotopic (exact) mass is 234 g/mol. The van der Waals surface area contributed by atoms with Crippen molar-refractivity contribution in [3.8, 4) is 0 Å². The van der Waals surface area contributed by atoms with Crippen LogP contribution in [0.2, 0.25) is 0 Å². The normalized spacial score (nSPS) is 16.9. The molecule has 1 aliphatic heterocycles. The number of carbonyl (C=O) groups excluding carboxylic acids is 1. The number of hydrogen-bond acceptors (Lipinski definition) is 4. The number of hydroxylamine groups is 2. The number of hydrogen-bond donors (Lipinski definition) is 0. The molecule has 0 bridgehead atoms. The Kier molecular flexibility index (Phi) is 3.98. The Balaban J connectivity index is 1.84. The number of piperazine rings is 1. The van der Waals surface area contributed by atoms with E-state index in [0.29, 0.717) is 6.42 Å². The summed E-state index contributed by atoms with van der Waals surface area (Å²) in [5.41, 5.74) is 1.23. The SMILES string of the molecule is CCC(=O)ON1CCN(c2ccccc2)CC1. The van der Waals surface area contributed by atoms with Crippen LogP contribution in [0.3, 0.4) is 0 Å². The van der Waals surface area contributed by atoms with Crippen LogP contribution < -0.4 is 4.90 Å². The van der Waals surface area contributed by atoms with E-state index in [1.165, 1.54) is 5.69 Å². The second-order valence-corrected chi connectivity index (χ2v) is 4.07. The molecule has 92 valence electrons. The molecular formula is C13H18N2O2. The van der Waals surface area contributed by atoms with E-state index in [4.69, 9.17) is 4.84 Å². The van der Waals surface area contributed by atoms with E-state index in [9.17, 15) is 4.79 Å². The van der Waals surface area contributed by atoms with Crippen LogP contribution in [0, 0.1) is 0 Å². The largest absolute Gasteiger partial charge is 0.369 e. The molecule has 0 unspecified atom stereocenters. The standard InChI is InChI=1S/C13H18N2O2/c1-2-13(16)17-15-10-8-14(9-11-15)12-6-4-3-5-7-12/h3-7H,2,8-11H2,1H3. The Morgan fingerprint density at radius 2 is 1.82 bits per heavy atom. The molecule has 1 aromatic rings. The van der Waals surface area contributed by atoms with Crippen molar-refractivity contribution in [2.24, 2.45) is 0 Å². The van der Waals surface area contributed by atoms with Crippen LogP contribution >= 0.6 is 0 Å². The third kappa shape index (κ3) is 3.20. The van der Waals surface area contributed by atoms with Crippen molar-refractivity contribution in [3.63, 3.8) is 0 Å². The van der Waals surface area contributed by atoms with Gasteiger partial charge in [-0.05, 0) is 12.1 Å². The van der Waals surface area contributed by atoms with Crippen LogP contribution in [0.5, 0.6) is 0 Å². The third-order valence-electron chi connectivity index (χ3n) is 2.88. The molecule has 1 aromatic carbocycles. The van der Waals surface area contributed by atoms with Crippen LogP contribution in [0.15, 0.2) is 30.3 Å². The van der Waals surface area contributed by atoms with Gasteiger partial charge in [0.25, 0.3) is 0 Å². The smallest absolute Gasteiger partial charge is 0.324 e. The van der Waals surface area contributed by atoms with Crippen LogP contribution in [0.25, 0.3) is 0 Å². The van der Waals surface area contributed by atoms with Gasteiger partial charge in [0.2, 0.25) is 0 Å². The molecule has 0 saturated carbocycles. The molecular weight excluding hydrogens is 216 g/mol. The van der Waals surface area contributed by atoms with Gasteiger partial charge in [0, 0.05) is 25.2 Å². The molecule has 0 amide bonds. The predicted molar refractivity (Wildman–Crippen MR) is 66.6 cm³/mol. The van der Waals surface area contributed by atoms with E-state index in [1.54, 1.807) is 5.06 Å². The quantitative estimate of drug-likeness (QED) is 0.796. The highest BCUT2D eigenvalue weighted by atomic mass is 16.7. The van der Waals surface area contributed by atoms with Gasteiger partial charge in [0.15, 0.2) is 0 Å². The van der Waals surface area contributed by atoms with Crippen molar-refractivity contribution in [2.45, 2.75) is 13.3 Å². The molecule has 0 aromatic heterocycles. The van der Waals surface area contributed by atoms with Crippen LogP contribution in [-0.2, 0) is 9.63 Å². The number of nitrogens with zero attached hydrogens (tertiary/aromatic N) is 2. The van der Waals surface area contributed by atoms with Gasteiger partial charge in [-0.25, -0.2) is 0 Å². The minimum absolute atomic E-state index is 0.154. The summed E-state index contributed by atoms with van der Waals surface area (Å²) < 4.78 is 0. The molecule has 0 radical (unpaired) electrons. The summed E-state index contributed by atoms with van der Waals surface area (Å²) in [6.45, 7) is 5.12. The van der Waals surface area contributed by atoms with Gasteiger partial charge >= 0.3 is 5.97 Å². The molecule has 2 rings (SSSR count). The topological polar surface area (TPSA) is 32.8 Å². The Labute approximate surface area is 102 Å². The Morgan fingerprint density at radius 3 is 2.41 bits per heavy atom. The fourth-order valence-electron chi connectivity index (χ4n) is 1.88. The molecule has 1 aliphatic rings. The molecule has 0 atom stereocenters. The van der Waals surface area contributed by atoms with Gasteiger partial charge in [-0.15, -0.1) is 5.06 Å². The molecule has 0 spiro atoms. The lowest BCUT2D eigenvalue weighted by molar-refractivity contribution is -0.191. The molecule has 1 saturated heterocycles. The van der Waals surface area contributed by atoms with Crippen LogP contribution in [-0.4, -0.2) is 37.2 Å². The van der Waals surface area contributed by atoms with E-state index in [1.807, 2.05) is 25.1 Å². The summed E-state index contributed by atoms with van der Waals surface area (Å²) in [5.74, 6) is -0.154. The Hall–Kier alpha value is -1.55. The number of rotatable bonds is 3. The summed E-state index contributed by atoms with van der Waals surface area (Å²) in [4.78, 5) is 18.6. The molecule has 17 heavy (non-hydrogen) atoms. The second kappa shape index (κ2) is 5.68. The van der Waals surface area contributed by atoms with Crippen LogP contribution in [0.4, 0.5) is 5.69 Å². The highest BCUT2D eigenvalue weighted by Gasteiger charge is 2.19. The molecule has 1 heterocycles. The maximum Gasteiger partial charge on any atom is 0.324 e. The zero-order valence-corrected chi connectivity index (χ0v) is 10.1. The number of anilines is 1. The first-order valence-electron chi connectivity index (χ1n) is 6.05. The summed E-state index contributed by atoms with van der Waals surface area (Å²) in [6.07, 6.45) is 0.429. The molecule has 0 N–H and O–H groups in total. The second-order valence-electron chi connectivity index (χ2n) is 4.07. The van der Waals surface area contributed by atoms with Crippen molar-refractivity contribution in [2.75, 3.05) is 31.1 Å². The first-order chi connectivity index (χ1) is 8.29. The number of benzene rings is 1. The highest BCUT2D eigenvalue weighted by Crippen LogP contribution is 2.15. The summed E-state index contributed by atoms with van der Waals surface area (Å²) in [5, 5.41) is 1.76. The van der Waals surface area contributed by atoms with Gasteiger partial charge in [-0.1, -0.05) is 25.1 Å². The van der Waals surface area contributed by atoms with E-state index in [2.05, 4.69) is 17.0 Å². The minimum Gasteiger partial charge on any atom is -0.369 e. The van der Waals surface area contributed by atoms with E-state index < -0.39 is 0 Å². The lowest BCUT2D eigenvalue weighted by Gasteiger charge is -2.34. The van der Waals surface area contributed by atoms with E-state index in [-0.39, 0.29) is 5.97 Å². The fraction of sp³-hybridized carbons (Fsp3) is 0.462. The maximum atomic E-state index is 11.2. The predicted octanol–water partition coefficient (Wildman–Crippen LogP) is 1.68. The van der Waals surface area contributed by atoms with E-state index in [0.717, 1.165) is 26.2 Å². The average Bonchev–Trinajstić information content (AvgIpc) is 2.40. The summed E-state index contributed by atoms with van der Waals surface area (Å²) >= 11 is 0. The van der Waals surface area contributed by atoms with Gasteiger partial charge in [-0.3, -0.25) is 4.79 Å². The van der Waals surface area contributed by atoms with Crippen molar-refractivity contribution < 1.29 is 9.63 Å². The van der Waals surface area contributed by atoms with Gasteiger partial charge in [0.05, 0.1) is 13.1 Å². The fourth-order valence-corrected chi connectivity index (χ4v) is 1.88. The summed E-state index contributed by atoms with van der Waals surface area (Å²) in [7, 11) is 0. The van der Waals surface area contributed by atoms with E-state index >= 15 is 0 Å². The lowest BCUT2D eigenvalue weighted by atomic mass is 10.2. The molecule has 4 nitrogen and oxygen atoms in total. The minimum atomic E-state index is -0.154. The third-order valence-corrected chi connectivity index (χ3v) is 2.88. The number of para-hydroxylation sites is 1. The number of carbonyl (C=O) groups is 1. The Bertz CT molecular complexity index is 359. The van der Waals surface area contributed by atoms with Crippen LogP contribution in [0.1, 0.15) is 13.3 Å². The molecule has 4 heteroatoms.